The minimum absolute atomic E-state index is 0.307. The standard InChI is InChI=1S/C15H17N3OS/c16-15(20)14-11-12(7-9-18-14)17-8-4-10-19-13-5-2-1-3-6-13/h1-3,5-7,9,11H,4,8,10H2,(H2,16,20)(H,17,18). The molecule has 0 saturated heterocycles. The average molecular weight is 287 g/mol. The van der Waals surface area contributed by atoms with E-state index in [-0.39, 0.29) is 0 Å². The van der Waals surface area contributed by atoms with E-state index in [4.69, 9.17) is 22.7 Å². The first-order chi connectivity index (χ1) is 9.75. The summed E-state index contributed by atoms with van der Waals surface area (Å²) in [6, 6.07) is 13.5. The highest BCUT2D eigenvalue weighted by Gasteiger charge is 1.99. The van der Waals surface area contributed by atoms with Crippen molar-refractivity contribution in [3.8, 4) is 5.75 Å². The number of nitrogens with two attached hydrogens (primary N) is 1. The Bertz CT molecular complexity index is 560. The molecule has 104 valence electrons. The van der Waals surface area contributed by atoms with Gasteiger partial charge in [0.25, 0.3) is 0 Å². The van der Waals surface area contributed by atoms with Crippen molar-refractivity contribution < 1.29 is 4.74 Å². The molecule has 3 N–H and O–H groups in total. The van der Waals surface area contributed by atoms with Crippen LogP contribution in [-0.2, 0) is 0 Å². The molecule has 0 aliphatic carbocycles. The van der Waals surface area contributed by atoms with Gasteiger partial charge in [-0.2, -0.15) is 0 Å². The molecule has 0 atom stereocenters. The van der Waals surface area contributed by atoms with Gasteiger partial charge in [-0.1, -0.05) is 30.4 Å². The summed E-state index contributed by atoms with van der Waals surface area (Å²) in [5, 5.41) is 3.29. The molecule has 0 aliphatic heterocycles. The van der Waals surface area contributed by atoms with Crippen LogP contribution in [0.15, 0.2) is 48.7 Å². The first kappa shape index (κ1) is 14.3. The van der Waals surface area contributed by atoms with Gasteiger partial charge in [0.1, 0.15) is 10.7 Å². The number of nitrogens with one attached hydrogen (secondary N) is 1. The molecule has 20 heavy (non-hydrogen) atoms. The van der Waals surface area contributed by atoms with Gasteiger partial charge in [-0.15, -0.1) is 0 Å². The molecule has 0 aliphatic rings. The molecule has 0 radical (unpaired) electrons. The van der Waals surface area contributed by atoms with Crippen molar-refractivity contribution in [1.82, 2.24) is 4.98 Å². The molecule has 2 aromatic rings. The zero-order valence-corrected chi connectivity index (χ0v) is 11.9. The topological polar surface area (TPSA) is 60.2 Å². The number of rotatable bonds is 7. The Labute approximate surface area is 124 Å². The smallest absolute Gasteiger partial charge is 0.122 e. The van der Waals surface area contributed by atoms with Crippen molar-refractivity contribution in [3.05, 3.63) is 54.4 Å². The maximum atomic E-state index is 5.61. The number of thiocarbonyl (C=S) groups is 1. The third-order valence-electron chi connectivity index (χ3n) is 2.67. The molecular formula is C15H17N3OS. The van der Waals surface area contributed by atoms with Gasteiger partial charge in [0.2, 0.25) is 0 Å². The summed E-state index contributed by atoms with van der Waals surface area (Å²) in [5.41, 5.74) is 7.14. The molecule has 0 saturated carbocycles. The lowest BCUT2D eigenvalue weighted by atomic mass is 10.3. The monoisotopic (exact) mass is 287 g/mol. The van der Waals surface area contributed by atoms with Crippen molar-refractivity contribution in [2.45, 2.75) is 6.42 Å². The van der Waals surface area contributed by atoms with Crippen molar-refractivity contribution in [1.29, 1.82) is 0 Å². The summed E-state index contributed by atoms with van der Waals surface area (Å²) < 4.78 is 5.61. The molecule has 4 nitrogen and oxygen atoms in total. The Kier molecular flexibility index (Phi) is 5.32. The Hall–Kier alpha value is -2.14. The SMILES string of the molecule is NC(=S)c1cc(NCCCOc2ccccc2)ccn1. The largest absolute Gasteiger partial charge is 0.494 e. The zero-order valence-electron chi connectivity index (χ0n) is 11.1. The van der Waals surface area contributed by atoms with E-state index in [1.54, 1.807) is 6.20 Å². The van der Waals surface area contributed by atoms with Crippen molar-refractivity contribution >= 4 is 22.9 Å². The van der Waals surface area contributed by atoms with Gasteiger partial charge in [0.05, 0.1) is 12.3 Å². The number of ether oxygens (including phenoxy) is 1. The van der Waals surface area contributed by atoms with Gasteiger partial charge in [-0.3, -0.25) is 4.98 Å². The van der Waals surface area contributed by atoms with Crippen LogP contribution in [0.3, 0.4) is 0 Å². The highest BCUT2D eigenvalue weighted by molar-refractivity contribution is 7.80. The van der Waals surface area contributed by atoms with E-state index >= 15 is 0 Å². The van der Waals surface area contributed by atoms with Crippen molar-refractivity contribution in [2.75, 3.05) is 18.5 Å². The van der Waals surface area contributed by atoms with Crippen LogP contribution < -0.4 is 15.8 Å². The minimum Gasteiger partial charge on any atom is -0.494 e. The van der Waals surface area contributed by atoms with Gasteiger partial charge >= 0.3 is 0 Å². The summed E-state index contributed by atoms with van der Waals surface area (Å²) >= 11 is 4.90. The maximum Gasteiger partial charge on any atom is 0.122 e. The molecule has 5 heteroatoms. The number of hydrogen-bond acceptors (Lipinski definition) is 4. The number of hydrogen-bond donors (Lipinski definition) is 2. The highest BCUT2D eigenvalue weighted by atomic mass is 32.1. The first-order valence-electron chi connectivity index (χ1n) is 6.43. The predicted molar refractivity (Wildman–Crippen MR) is 85.2 cm³/mol. The minimum atomic E-state index is 0.307. The van der Waals surface area contributed by atoms with Crippen LogP contribution in [-0.4, -0.2) is 23.1 Å². The molecule has 0 amide bonds. The summed E-state index contributed by atoms with van der Waals surface area (Å²) in [6.07, 6.45) is 2.59. The van der Waals surface area contributed by atoms with Gasteiger partial charge < -0.3 is 15.8 Å². The molecule has 0 unspecified atom stereocenters. The third kappa shape index (κ3) is 4.51. The van der Waals surface area contributed by atoms with Crippen LogP contribution in [0.2, 0.25) is 0 Å². The van der Waals surface area contributed by atoms with Crippen LogP contribution in [0, 0.1) is 0 Å². The van der Waals surface area contributed by atoms with E-state index in [1.165, 1.54) is 0 Å². The summed E-state index contributed by atoms with van der Waals surface area (Å²) in [4.78, 5) is 4.40. The summed E-state index contributed by atoms with van der Waals surface area (Å²) in [6.45, 7) is 1.48. The second kappa shape index (κ2) is 7.45. The Morgan fingerprint density at radius 2 is 2.05 bits per heavy atom. The lowest BCUT2D eigenvalue weighted by Gasteiger charge is -2.08. The molecule has 0 spiro atoms. The molecule has 2 rings (SSSR count). The van der Waals surface area contributed by atoms with E-state index in [0.717, 1.165) is 24.4 Å². The molecule has 1 aromatic carbocycles. The van der Waals surface area contributed by atoms with Crippen LogP contribution in [0.1, 0.15) is 12.1 Å². The predicted octanol–water partition coefficient (Wildman–Crippen LogP) is 2.60. The van der Waals surface area contributed by atoms with E-state index in [1.807, 2.05) is 42.5 Å². The molecule has 1 aromatic heterocycles. The van der Waals surface area contributed by atoms with E-state index in [9.17, 15) is 0 Å². The number of nitrogens with zero attached hydrogens (tertiary/aromatic N) is 1. The van der Waals surface area contributed by atoms with Crippen LogP contribution in [0.5, 0.6) is 5.75 Å². The van der Waals surface area contributed by atoms with Gasteiger partial charge in [-0.25, -0.2) is 0 Å². The quantitative estimate of drug-likeness (QED) is 0.605. The molecule has 0 bridgehead atoms. The van der Waals surface area contributed by atoms with Crippen molar-refractivity contribution in [2.24, 2.45) is 5.73 Å². The number of para-hydroxylation sites is 1. The number of anilines is 1. The van der Waals surface area contributed by atoms with Crippen LogP contribution >= 0.6 is 12.2 Å². The lowest BCUT2D eigenvalue weighted by molar-refractivity contribution is 0.315. The molecule has 1 heterocycles. The number of pyridine rings is 1. The fourth-order valence-corrected chi connectivity index (χ4v) is 1.80. The summed E-state index contributed by atoms with van der Waals surface area (Å²) in [5.74, 6) is 0.896. The highest BCUT2D eigenvalue weighted by Crippen LogP contribution is 2.10. The van der Waals surface area contributed by atoms with E-state index in [0.29, 0.717) is 17.3 Å². The van der Waals surface area contributed by atoms with Gasteiger partial charge in [0, 0.05) is 18.4 Å². The Morgan fingerprint density at radius 1 is 1.25 bits per heavy atom. The van der Waals surface area contributed by atoms with Crippen molar-refractivity contribution in [3.63, 3.8) is 0 Å². The van der Waals surface area contributed by atoms with Crippen LogP contribution in [0.4, 0.5) is 5.69 Å². The fraction of sp³-hybridized carbons (Fsp3) is 0.200. The molecular weight excluding hydrogens is 270 g/mol. The Morgan fingerprint density at radius 3 is 2.80 bits per heavy atom. The third-order valence-corrected chi connectivity index (χ3v) is 2.88. The molecule has 0 fully saturated rings. The second-order valence-electron chi connectivity index (χ2n) is 4.24. The Balaban J connectivity index is 1.71. The normalized spacial score (nSPS) is 10.0. The van der Waals surface area contributed by atoms with E-state index in [2.05, 4.69) is 10.3 Å². The number of benzene rings is 1. The van der Waals surface area contributed by atoms with Gasteiger partial charge in [0.15, 0.2) is 0 Å². The van der Waals surface area contributed by atoms with E-state index < -0.39 is 0 Å². The number of aromatic nitrogens is 1. The second-order valence-corrected chi connectivity index (χ2v) is 4.68. The average Bonchev–Trinajstić information content (AvgIpc) is 2.48. The van der Waals surface area contributed by atoms with Gasteiger partial charge in [-0.05, 0) is 30.7 Å². The van der Waals surface area contributed by atoms with Crippen LogP contribution in [0.25, 0.3) is 0 Å². The fourth-order valence-electron chi connectivity index (χ4n) is 1.69. The zero-order chi connectivity index (χ0) is 14.2. The lowest BCUT2D eigenvalue weighted by Crippen LogP contribution is -2.12. The summed E-state index contributed by atoms with van der Waals surface area (Å²) in [7, 11) is 0. The maximum absolute atomic E-state index is 5.61. The first-order valence-corrected chi connectivity index (χ1v) is 6.84.